The maximum atomic E-state index is 13.4. The maximum absolute atomic E-state index is 13.4. The van der Waals surface area contributed by atoms with Crippen molar-refractivity contribution in [2.75, 3.05) is 32.1 Å². The van der Waals surface area contributed by atoms with Crippen LogP contribution in [-0.4, -0.2) is 58.8 Å². The molecule has 33 heavy (non-hydrogen) atoms. The second kappa shape index (κ2) is 8.52. The molecule has 172 valence electrons. The van der Waals surface area contributed by atoms with Crippen LogP contribution in [0.2, 0.25) is 0 Å². The Morgan fingerprint density at radius 1 is 1.27 bits per heavy atom. The van der Waals surface area contributed by atoms with Gasteiger partial charge in [-0.3, -0.25) is 10.1 Å². The van der Waals surface area contributed by atoms with Gasteiger partial charge in [0.25, 0.3) is 0 Å². The molecule has 10 nitrogen and oxygen atoms in total. The fraction of sp³-hybridized carbons (Fsp3) is 0.381. The first kappa shape index (κ1) is 21.5. The van der Waals surface area contributed by atoms with Gasteiger partial charge in [0.05, 0.1) is 12.5 Å². The number of fused-ring (bicyclic) bond motifs is 1. The lowest BCUT2D eigenvalue weighted by Crippen LogP contribution is -2.46. The first-order valence-electron chi connectivity index (χ1n) is 10.4. The fourth-order valence-corrected chi connectivity index (χ4v) is 5.36. The van der Waals surface area contributed by atoms with Crippen molar-refractivity contribution < 1.29 is 23.6 Å². The molecule has 4 heterocycles. The summed E-state index contributed by atoms with van der Waals surface area (Å²) in [5.41, 5.74) is 0.784. The molecular weight excluding hydrogens is 451 g/mol. The summed E-state index contributed by atoms with van der Waals surface area (Å²) in [6, 6.07) is 6.29. The number of methoxy groups -OCH3 is 1. The SMILES string of the molecule is COc1ncnc2sc(NC(=O)ON3CCC4(CC3)C(=O)NCC4c3ccc(F)cc3)nc12. The second-order valence-electron chi connectivity index (χ2n) is 7.96. The molecule has 12 heteroatoms. The fourth-order valence-electron chi connectivity index (χ4n) is 4.57. The number of carbonyl (C=O) groups is 2. The highest BCUT2D eigenvalue weighted by Crippen LogP contribution is 2.47. The van der Waals surface area contributed by atoms with Crippen LogP contribution in [0.3, 0.4) is 0 Å². The van der Waals surface area contributed by atoms with Crippen molar-refractivity contribution in [1.29, 1.82) is 0 Å². The smallest absolute Gasteiger partial charge is 0.432 e. The van der Waals surface area contributed by atoms with E-state index in [1.807, 2.05) is 0 Å². The van der Waals surface area contributed by atoms with Gasteiger partial charge in [-0.05, 0) is 30.5 Å². The number of aromatic nitrogens is 3. The number of amides is 2. The van der Waals surface area contributed by atoms with E-state index in [2.05, 4.69) is 25.6 Å². The molecule has 0 saturated carbocycles. The van der Waals surface area contributed by atoms with Crippen molar-refractivity contribution in [1.82, 2.24) is 25.3 Å². The van der Waals surface area contributed by atoms with Crippen molar-refractivity contribution in [3.8, 4) is 5.88 Å². The number of ether oxygens (including phenoxy) is 1. The standard InChI is InChI=1S/C21H21FN6O4S/c1-31-16-15-17(25-11-24-16)33-19(26-15)27-20(30)32-28-8-6-21(7-9-28)14(10-23-18(21)29)12-2-4-13(22)5-3-12/h2-5,11,14H,6-10H2,1H3,(H,23,29)(H,26,27,30). The van der Waals surface area contributed by atoms with Crippen molar-refractivity contribution in [3.63, 3.8) is 0 Å². The van der Waals surface area contributed by atoms with Gasteiger partial charge in [-0.25, -0.2) is 19.2 Å². The molecule has 2 aliphatic rings. The van der Waals surface area contributed by atoms with Gasteiger partial charge in [-0.2, -0.15) is 4.98 Å². The highest BCUT2D eigenvalue weighted by Gasteiger charge is 2.52. The van der Waals surface area contributed by atoms with E-state index in [0.29, 0.717) is 53.8 Å². The van der Waals surface area contributed by atoms with Gasteiger partial charge >= 0.3 is 6.09 Å². The normalized spacial score (nSPS) is 20.1. The third-order valence-electron chi connectivity index (χ3n) is 6.25. The summed E-state index contributed by atoms with van der Waals surface area (Å²) in [5, 5.41) is 7.42. The van der Waals surface area contributed by atoms with Crippen molar-refractivity contribution >= 4 is 38.8 Å². The van der Waals surface area contributed by atoms with E-state index < -0.39 is 11.5 Å². The van der Waals surface area contributed by atoms with E-state index in [1.165, 1.54) is 36.9 Å². The lowest BCUT2D eigenvalue weighted by molar-refractivity contribution is -0.146. The molecule has 0 radical (unpaired) electrons. The Labute approximate surface area is 192 Å². The summed E-state index contributed by atoms with van der Waals surface area (Å²) in [6.45, 7) is 1.31. The average Bonchev–Trinajstić information content (AvgIpc) is 3.36. The van der Waals surface area contributed by atoms with Crippen LogP contribution in [0.1, 0.15) is 24.3 Å². The minimum atomic E-state index is -0.678. The molecular formula is C21H21FN6O4S. The van der Waals surface area contributed by atoms with Crippen molar-refractivity contribution in [2.45, 2.75) is 18.8 Å². The number of anilines is 1. The molecule has 2 fully saturated rings. The highest BCUT2D eigenvalue weighted by atomic mass is 32.1. The summed E-state index contributed by atoms with van der Waals surface area (Å²) < 4.78 is 18.5. The van der Waals surface area contributed by atoms with E-state index in [0.717, 1.165) is 5.56 Å². The van der Waals surface area contributed by atoms with E-state index in [4.69, 9.17) is 9.57 Å². The summed E-state index contributed by atoms with van der Waals surface area (Å²) in [6.07, 6.45) is 1.72. The third-order valence-corrected chi connectivity index (χ3v) is 7.13. The van der Waals surface area contributed by atoms with Crippen LogP contribution in [0.25, 0.3) is 10.3 Å². The van der Waals surface area contributed by atoms with Crippen LogP contribution in [0.15, 0.2) is 30.6 Å². The second-order valence-corrected chi connectivity index (χ2v) is 8.94. The molecule has 0 bridgehead atoms. The Balaban J connectivity index is 1.22. The summed E-state index contributed by atoms with van der Waals surface area (Å²) >= 11 is 1.18. The summed E-state index contributed by atoms with van der Waals surface area (Å²) in [5.74, 6) is -0.0478. The number of carbonyl (C=O) groups excluding carboxylic acids is 2. The molecule has 5 rings (SSSR count). The Morgan fingerprint density at radius 2 is 2.03 bits per heavy atom. The van der Waals surface area contributed by atoms with E-state index in [9.17, 15) is 14.0 Å². The van der Waals surface area contributed by atoms with Crippen molar-refractivity contribution in [3.05, 3.63) is 42.0 Å². The highest BCUT2D eigenvalue weighted by molar-refractivity contribution is 7.22. The predicted molar refractivity (Wildman–Crippen MR) is 117 cm³/mol. The van der Waals surface area contributed by atoms with E-state index >= 15 is 0 Å². The Bertz CT molecular complexity index is 1200. The van der Waals surface area contributed by atoms with Crippen LogP contribution in [0, 0.1) is 11.2 Å². The van der Waals surface area contributed by atoms with Crippen LogP contribution < -0.4 is 15.4 Å². The van der Waals surface area contributed by atoms with Gasteiger partial charge in [0, 0.05) is 25.6 Å². The lowest BCUT2D eigenvalue weighted by Gasteiger charge is -2.39. The number of hydrogen-bond acceptors (Lipinski definition) is 9. The molecule has 1 spiro atoms. The predicted octanol–water partition coefficient (Wildman–Crippen LogP) is 2.69. The van der Waals surface area contributed by atoms with Gasteiger partial charge in [-0.1, -0.05) is 23.5 Å². The number of rotatable bonds is 4. The Hall–Kier alpha value is -3.38. The quantitative estimate of drug-likeness (QED) is 0.595. The minimum Gasteiger partial charge on any atom is -0.479 e. The number of hydrogen-bond donors (Lipinski definition) is 2. The largest absolute Gasteiger partial charge is 0.479 e. The minimum absolute atomic E-state index is 0.00883. The third kappa shape index (κ3) is 3.95. The monoisotopic (exact) mass is 472 g/mol. The number of hydroxylamine groups is 2. The molecule has 2 amide bonds. The lowest BCUT2D eigenvalue weighted by atomic mass is 9.68. The van der Waals surface area contributed by atoms with Gasteiger partial charge in [0.2, 0.25) is 11.8 Å². The molecule has 0 aliphatic carbocycles. The molecule has 3 aromatic rings. The van der Waals surface area contributed by atoms with E-state index in [-0.39, 0.29) is 17.6 Å². The molecule has 2 aromatic heterocycles. The van der Waals surface area contributed by atoms with Crippen LogP contribution >= 0.6 is 11.3 Å². The van der Waals surface area contributed by atoms with Gasteiger partial charge in [-0.15, -0.1) is 5.06 Å². The first-order chi connectivity index (χ1) is 16.0. The molecule has 1 aromatic carbocycles. The molecule has 1 unspecified atom stereocenters. The van der Waals surface area contributed by atoms with Gasteiger partial charge in [0.1, 0.15) is 12.1 Å². The van der Waals surface area contributed by atoms with E-state index in [1.54, 1.807) is 17.2 Å². The van der Waals surface area contributed by atoms with Gasteiger partial charge in [0.15, 0.2) is 15.5 Å². The number of thiazole rings is 1. The topological polar surface area (TPSA) is 119 Å². The first-order valence-corrected chi connectivity index (χ1v) is 11.2. The van der Waals surface area contributed by atoms with Crippen LogP contribution in [0.4, 0.5) is 14.3 Å². The molecule has 1 atom stereocenters. The zero-order chi connectivity index (χ0) is 23.0. The summed E-state index contributed by atoms with van der Waals surface area (Å²) in [7, 11) is 1.48. The molecule has 2 aliphatic heterocycles. The van der Waals surface area contributed by atoms with Crippen LogP contribution in [0.5, 0.6) is 5.88 Å². The van der Waals surface area contributed by atoms with Gasteiger partial charge < -0.3 is 14.9 Å². The Kier molecular flexibility index (Phi) is 5.54. The number of nitrogens with one attached hydrogen (secondary N) is 2. The van der Waals surface area contributed by atoms with Crippen molar-refractivity contribution in [2.24, 2.45) is 5.41 Å². The zero-order valence-electron chi connectivity index (χ0n) is 17.7. The summed E-state index contributed by atoms with van der Waals surface area (Å²) in [4.78, 5) is 43.6. The Morgan fingerprint density at radius 3 is 2.76 bits per heavy atom. The number of nitrogens with zero attached hydrogens (tertiary/aromatic N) is 4. The molecule has 2 N–H and O–H groups in total. The number of benzene rings is 1. The number of piperidine rings is 1. The zero-order valence-corrected chi connectivity index (χ0v) is 18.5. The number of halogens is 1. The van der Waals surface area contributed by atoms with Crippen LogP contribution in [-0.2, 0) is 9.63 Å². The average molecular weight is 473 g/mol. The molecule has 2 saturated heterocycles. The maximum Gasteiger partial charge on any atom is 0.432 e.